The number of carbonyl (C=O) groups is 1. The van der Waals surface area contributed by atoms with Crippen molar-refractivity contribution in [3.8, 4) is 17.0 Å². The molecule has 2 aromatic carbocycles. The van der Waals surface area contributed by atoms with Crippen LogP contribution in [0.15, 0.2) is 47.0 Å². The van der Waals surface area contributed by atoms with Crippen LogP contribution < -0.4 is 15.4 Å². The van der Waals surface area contributed by atoms with Crippen molar-refractivity contribution in [2.24, 2.45) is 5.92 Å². The van der Waals surface area contributed by atoms with Crippen LogP contribution in [-0.2, 0) is 0 Å². The summed E-state index contributed by atoms with van der Waals surface area (Å²) in [6, 6.07) is 10.8. The monoisotopic (exact) mass is 574 g/mol. The SMILES string of the molecule is CNC(=O)c1ccc(Nc2nc(OC3CCCC([C@@H](C)O)C3)c3c(-c4ccc5nc(C)oc5c4)c[nH]c3n2)c(Cl)c1. The Bertz CT molecular complexity index is 1750. The topological polar surface area (TPSA) is 138 Å². The number of benzene rings is 2. The molecule has 1 fully saturated rings. The first-order valence-corrected chi connectivity index (χ1v) is 14.1. The van der Waals surface area contributed by atoms with Crippen LogP contribution in [0.2, 0.25) is 5.02 Å². The molecule has 3 aromatic heterocycles. The van der Waals surface area contributed by atoms with Crippen molar-refractivity contribution < 1.29 is 19.1 Å². The van der Waals surface area contributed by atoms with Gasteiger partial charge in [-0.3, -0.25) is 4.79 Å². The fraction of sp³-hybridized carbons (Fsp3) is 0.333. The molecule has 1 aliphatic carbocycles. The lowest BCUT2D eigenvalue weighted by molar-refractivity contribution is 0.0484. The van der Waals surface area contributed by atoms with E-state index in [9.17, 15) is 9.90 Å². The number of carbonyl (C=O) groups excluding carboxylic acids is 1. The number of oxazole rings is 1. The van der Waals surface area contributed by atoms with E-state index in [2.05, 4.69) is 20.6 Å². The smallest absolute Gasteiger partial charge is 0.251 e. The lowest BCUT2D eigenvalue weighted by Gasteiger charge is -2.31. The number of aryl methyl sites for hydroxylation is 1. The quantitative estimate of drug-likeness (QED) is 0.181. The largest absolute Gasteiger partial charge is 0.474 e. The molecule has 1 amide bonds. The zero-order chi connectivity index (χ0) is 28.7. The second-order valence-corrected chi connectivity index (χ2v) is 10.9. The number of H-pyrrole nitrogens is 1. The van der Waals surface area contributed by atoms with E-state index in [-0.39, 0.29) is 17.9 Å². The maximum absolute atomic E-state index is 12.0. The van der Waals surface area contributed by atoms with Crippen LogP contribution in [0.25, 0.3) is 33.3 Å². The summed E-state index contributed by atoms with van der Waals surface area (Å²) in [6.07, 6.45) is 4.92. The number of amides is 1. The molecule has 3 atom stereocenters. The number of halogens is 1. The van der Waals surface area contributed by atoms with Crippen molar-refractivity contribution in [2.75, 3.05) is 12.4 Å². The molecule has 6 rings (SSSR count). The normalized spacial score (nSPS) is 18.0. The fourth-order valence-corrected chi connectivity index (χ4v) is 5.71. The van der Waals surface area contributed by atoms with E-state index in [1.807, 2.05) is 38.2 Å². The zero-order valence-corrected chi connectivity index (χ0v) is 23.7. The molecule has 0 radical (unpaired) electrons. The first-order valence-electron chi connectivity index (χ1n) is 13.7. The minimum absolute atomic E-state index is 0.105. The number of anilines is 2. The predicted octanol–water partition coefficient (Wildman–Crippen LogP) is 6.15. The summed E-state index contributed by atoms with van der Waals surface area (Å²) in [4.78, 5) is 29.2. The molecule has 1 saturated carbocycles. The van der Waals surface area contributed by atoms with Gasteiger partial charge >= 0.3 is 0 Å². The highest BCUT2D eigenvalue weighted by Crippen LogP contribution is 2.38. The van der Waals surface area contributed by atoms with E-state index in [4.69, 9.17) is 30.7 Å². The summed E-state index contributed by atoms with van der Waals surface area (Å²) in [5, 5.41) is 17.1. The standard InChI is InChI=1S/C30H31ClN6O4/c1-15(38)17-5-4-6-20(11-17)41-29-26-21(18-7-10-24-25(13-18)40-16(2)34-24)14-33-27(26)36-30(37-29)35-23-9-8-19(12-22(23)31)28(39)32-3/h7-10,12-15,17,20,38H,4-6,11H2,1-3H3,(H,32,39)(H2,33,35,36,37)/t15-,17?,20?/m1/s1. The van der Waals surface area contributed by atoms with Crippen LogP contribution in [0, 0.1) is 12.8 Å². The lowest BCUT2D eigenvalue weighted by atomic mass is 9.84. The zero-order valence-electron chi connectivity index (χ0n) is 23.0. The van der Waals surface area contributed by atoms with Crippen molar-refractivity contribution in [3.63, 3.8) is 0 Å². The minimum Gasteiger partial charge on any atom is -0.474 e. The molecule has 0 aliphatic heterocycles. The molecule has 0 spiro atoms. The number of hydrogen-bond donors (Lipinski definition) is 4. The average molecular weight is 575 g/mol. The van der Waals surface area contributed by atoms with Crippen LogP contribution in [0.4, 0.5) is 11.6 Å². The van der Waals surface area contributed by atoms with E-state index in [0.717, 1.165) is 47.7 Å². The van der Waals surface area contributed by atoms with E-state index in [1.54, 1.807) is 25.2 Å². The number of hydrogen-bond acceptors (Lipinski definition) is 8. The van der Waals surface area contributed by atoms with E-state index < -0.39 is 6.10 Å². The fourth-order valence-electron chi connectivity index (χ4n) is 5.48. The number of aliphatic hydroxyl groups is 1. The predicted molar refractivity (Wildman–Crippen MR) is 158 cm³/mol. The average Bonchev–Trinajstić information content (AvgIpc) is 3.56. The molecule has 3 heterocycles. The molecule has 41 heavy (non-hydrogen) atoms. The van der Waals surface area contributed by atoms with Crippen LogP contribution in [0.1, 0.15) is 48.9 Å². The number of aromatic amines is 1. The van der Waals surface area contributed by atoms with Crippen molar-refractivity contribution >= 4 is 51.3 Å². The Morgan fingerprint density at radius 1 is 1.20 bits per heavy atom. The summed E-state index contributed by atoms with van der Waals surface area (Å²) in [5.41, 5.74) is 4.84. The number of nitrogens with one attached hydrogen (secondary N) is 3. The number of fused-ring (bicyclic) bond motifs is 2. The summed E-state index contributed by atoms with van der Waals surface area (Å²) < 4.78 is 12.4. The molecule has 5 aromatic rings. The Labute approximate surface area is 241 Å². The van der Waals surface area contributed by atoms with Gasteiger partial charge in [0.15, 0.2) is 11.5 Å². The Kier molecular flexibility index (Phi) is 7.27. The first kappa shape index (κ1) is 27.0. The maximum Gasteiger partial charge on any atom is 0.251 e. The van der Waals surface area contributed by atoms with Gasteiger partial charge < -0.3 is 29.9 Å². The molecule has 4 N–H and O–H groups in total. The van der Waals surface area contributed by atoms with Crippen molar-refractivity contribution in [3.05, 3.63) is 59.1 Å². The van der Waals surface area contributed by atoms with Crippen LogP contribution >= 0.6 is 11.6 Å². The molecule has 1 aliphatic rings. The van der Waals surface area contributed by atoms with Crippen molar-refractivity contribution in [1.29, 1.82) is 0 Å². The van der Waals surface area contributed by atoms with Crippen LogP contribution in [0.3, 0.4) is 0 Å². The number of nitrogens with zero attached hydrogens (tertiary/aromatic N) is 3. The van der Waals surface area contributed by atoms with Crippen molar-refractivity contribution in [2.45, 2.75) is 51.7 Å². The van der Waals surface area contributed by atoms with Gasteiger partial charge in [0.05, 0.1) is 22.2 Å². The summed E-state index contributed by atoms with van der Waals surface area (Å²) in [7, 11) is 1.57. The van der Waals surface area contributed by atoms with Gasteiger partial charge in [0.2, 0.25) is 11.8 Å². The summed E-state index contributed by atoms with van der Waals surface area (Å²) in [5.74, 6) is 1.26. The number of aliphatic hydroxyl groups excluding tert-OH is 1. The second kappa shape index (κ2) is 11.0. The number of rotatable bonds is 7. The highest BCUT2D eigenvalue weighted by Gasteiger charge is 2.28. The Hall–Kier alpha value is -4.15. The Morgan fingerprint density at radius 3 is 2.83 bits per heavy atom. The van der Waals surface area contributed by atoms with Gasteiger partial charge in [-0.25, -0.2) is 4.98 Å². The minimum atomic E-state index is -0.399. The highest BCUT2D eigenvalue weighted by atomic mass is 35.5. The summed E-state index contributed by atoms with van der Waals surface area (Å²) in [6.45, 7) is 3.66. The van der Waals surface area contributed by atoms with E-state index in [0.29, 0.717) is 45.2 Å². The molecule has 212 valence electrons. The second-order valence-electron chi connectivity index (χ2n) is 10.5. The summed E-state index contributed by atoms with van der Waals surface area (Å²) >= 11 is 6.50. The third-order valence-corrected chi connectivity index (χ3v) is 7.95. The molecular formula is C30H31ClN6O4. The first-order chi connectivity index (χ1) is 19.8. The molecule has 0 bridgehead atoms. The highest BCUT2D eigenvalue weighted by molar-refractivity contribution is 6.33. The van der Waals surface area contributed by atoms with Gasteiger partial charge in [0, 0.05) is 31.3 Å². The number of aromatic nitrogens is 4. The number of ether oxygens (including phenoxy) is 1. The Balaban J connectivity index is 1.41. The third-order valence-electron chi connectivity index (χ3n) is 7.64. The van der Waals surface area contributed by atoms with Gasteiger partial charge in [-0.15, -0.1) is 0 Å². The van der Waals surface area contributed by atoms with Crippen LogP contribution in [-0.4, -0.2) is 50.2 Å². The molecular weight excluding hydrogens is 544 g/mol. The van der Waals surface area contributed by atoms with Gasteiger partial charge in [0.1, 0.15) is 17.3 Å². The Morgan fingerprint density at radius 2 is 2.05 bits per heavy atom. The maximum atomic E-state index is 12.0. The van der Waals surface area contributed by atoms with Gasteiger partial charge in [-0.1, -0.05) is 17.7 Å². The molecule has 10 nitrogen and oxygen atoms in total. The van der Waals surface area contributed by atoms with Gasteiger partial charge in [-0.05, 0) is 74.4 Å². The van der Waals surface area contributed by atoms with Crippen LogP contribution in [0.5, 0.6) is 5.88 Å². The van der Waals surface area contributed by atoms with Crippen molar-refractivity contribution in [1.82, 2.24) is 25.3 Å². The molecule has 0 saturated heterocycles. The molecule has 11 heteroatoms. The van der Waals surface area contributed by atoms with Gasteiger partial charge in [-0.2, -0.15) is 9.97 Å². The lowest BCUT2D eigenvalue weighted by Crippen LogP contribution is -2.31. The van der Waals surface area contributed by atoms with Gasteiger partial charge in [0.25, 0.3) is 5.91 Å². The molecule has 2 unspecified atom stereocenters. The van der Waals surface area contributed by atoms with E-state index >= 15 is 0 Å². The van der Waals surface area contributed by atoms with E-state index in [1.165, 1.54) is 0 Å². The third kappa shape index (κ3) is 5.45.